The summed E-state index contributed by atoms with van der Waals surface area (Å²) in [5, 5.41) is 12.3. The number of benzene rings is 2. The highest BCUT2D eigenvalue weighted by atomic mass is 19.3. The summed E-state index contributed by atoms with van der Waals surface area (Å²) < 4.78 is 85.8. The minimum atomic E-state index is -2.91. The number of aromatic nitrogens is 2. The molecule has 0 aliphatic heterocycles. The topological polar surface area (TPSA) is 85.7 Å². The smallest absolute Gasteiger partial charge is 0.260 e. The van der Waals surface area contributed by atoms with E-state index in [2.05, 4.69) is 15.3 Å². The van der Waals surface area contributed by atoms with E-state index in [0.717, 1.165) is 6.07 Å². The van der Waals surface area contributed by atoms with E-state index in [4.69, 9.17) is 19.3 Å². The van der Waals surface area contributed by atoms with Crippen LogP contribution in [-0.4, -0.2) is 54.8 Å². The Morgan fingerprint density at radius 2 is 1.84 bits per heavy atom. The molecule has 2 aromatic carbocycles. The minimum Gasteiger partial charge on any atom is -0.493 e. The third-order valence-corrected chi connectivity index (χ3v) is 6.32. The Morgan fingerprint density at radius 3 is 2.46 bits per heavy atom. The summed E-state index contributed by atoms with van der Waals surface area (Å²) in [7, 11) is 2.75. The van der Waals surface area contributed by atoms with Gasteiger partial charge in [-0.2, -0.15) is 0 Å². The van der Waals surface area contributed by atoms with Crippen LogP contribution in [-0.2, 0) is 11.3 Å². The first-order valence-corrected chi connectivity index (χ1v) is 11.4. The van der Waals surface area contributed by atoms with Crippen LogP contribution in [0, 0.1) is 18.2 Å². The lowest BCUT2D eigenvalue weighted by Gasteiger charge is -2.19. The van der Waals surface area contributed by atoms with Crippen molar-refractivity contribution in [3.05, 3.63) is 53.1 Å². The van der Waals surface area contributed by atoms with Gasteiger partial charge in [-0.3, -0.25) is 0 Å². The molecule has 7 nitrogen and oxygen atoms in total. The molecule has 1 fully saturated rings. The SMILES string of the molecule is COCC1(COc2cc3c(NCc4cccc(C(F)C(O)F)c4F)nc(C)nc3cc2OC)CC1(F)F. The first kappa shape index (κ1) is 26.8. The predicted octanol–water partition coefficient (Wildman–Crippen LogP) is 5.05. The standard InChI is InChI=1S/C25H26F5N3O4/c1-13-32-17-8-18(36-3)19(37-12-24(11-35-2)10-25(24,29)30)7-16(17)23(33-13)31-9-14-5-4-6-15(20(14)26)21(27)22(28)34/h4-8,21-22,34H,9-12H2,1-3H3,(H,31,32,33). The van der Waals surface area contributed by atoms with E-state index in [1.165, 1.54) is 32.4 Å². The summed E-state index contributed by atoms with van der Waals surface area (Å²) in [4.78, 5) is 8.72. The molecule has 3 unspecified atom stereocenters. The Morgan fingerprint density at radius 1 is 1.11 bits per heavy atom. The third-order valence-electron chi connectivity index (χ3n) is 6.32. The highest BCUT2D eigenvalue weighted by Crippen LogP contribution is 2.60. The van der Waals surface area contributed by atoms with E-state index >= 15 is 0 Å². The van der Waals surface area contributed by atoms with Crippen LogP contribution in [0.15, 0.2) is 30.3 Å². The molecule has 1 saturated carbocycles. The number of anilines is 1. The summed E-state index contributed by atoms with van der Waals surface area (Å²) >= 11 is 0. The van der Waals surface area contributed by atoms with Crippen LogP contribution in [0.25, 0.3) is 10.9 Å². The number of aliphatic hydroxyl groups is 1. The molecule has 1 aliphatic rings. The number of ether oxygens (including phenoxy) is 3. The molecule has 200 valence electrons. The molecule has 4 rings (SSSR count). The van der Waals surface area contributed by atoms with Crippen molar-refractivity contribution in [3.8, 4) is 11.5 Å². The van der Waals surface area contributed by atoms with Crippen molar-refractivity contribution in [1.29, 1.82) is 0 Å². The Kier molecular flexibility index (Phi) is 7.43. The van der Waals surface area contributed by atoms with Gasteiger partial charge in [0.25, 0.3) is 5.92 Å². The fraction of sp³-hybridized carbons (Fsp3) is 0.440. The molecular weight excluding hydrogens is 501 g/mol. The molecule has 3 atom stereocenters. The average molecular weight is 527 g/mol. The first-order valence-electron chi connectivity index (χ1n) is 11.4. The fourth-order valence-electron chi connectivity index (χ4n) is 4.16. The van der Waals surface area contributed by atoms with Gasteiger partial charge in [-0.05, 0) is 13.0 Å². The van der Waals surface area contributed by atoms with E-state index in [1.807, 2.05) is 0 Å². The number of halogens is 5. The third kappa shape index (κ3) is 5.26. The van der Waals surface area contributed by atoms with E-state index in [0.29, 0.717) is 16.7 Å². The Bertz CT molecular complexity index is 1290. The number of alkyl halides is 4. The van der Waals surface area contributed by atoms with Crippen molar-refractivity contribution in [3.63, 3.8) is 0 Å². The molecule has 0 saturated heterocycles. The molecule has 0 spiro atoms. The zero-order valence-corrected chi connectivity index (χ0v) is 20.3. The Hall–Kier alpha value is -3.25. The molecule has 1 aliphatic carbocycles. The lowest BCUT2D eigenvalue weighted by Crippen LogP contribution is -2.25. The summed E-state index contributed by atoms with van der Waals surface area (Å²) in [6, 6.07) is 6.86. The van der Waals surface area contributed by atoms with Crippen molar-refractivity contribution in [2.75, 3.05) is 32.8 Å². The molecule has 0 amide bonds. The van der Waals surface area contributed by atoms with Crippen LogP contribution in [0.5, 0.6) is 11.5 Å². The van der Waals surface area contributed by atoms with Gasteiger partial charge in [0, 0.05) is 42.7 Å². The zero-order chi connectivity index (χ0) is 27.0. The van der Waals surface area contributed by atoms with E-state index < -0.39 is 35.2 Å². The summed E-state index contributed by atoms with van der Waals surface area (Å²) in [6.45, 7) is 0.997. The van der Waals surface area contributed by atoms with Crippen LogP contribution in [0.1, 0.15) is 29.5 Å². The molecule has 0 bridgehead atoms. The van der Waals surface area contributed by atoms with E-state index in [1.54, 1.807) is 13.0 Å². The number of nitrogens with zero attached hydrogens (tertiary/aromatic N) is 2. The number of rotatable bonds is 11. The second kappa shape index (κ2) is 10.3. The van der Waals surface area contributed by atoms with Gasteiger partial charge in [-0.1, -0.05) is 18.2 Å². The van der Waals surface area contributed by atoms with Crippen molar-refractivity contribution >= 4 is 16.7 Å². The second-order valence-electron chi connectivity index (χ2n) is 8.97. The molecule has 1 aromatic heterocycles. The van der Waals surface area contributed by atoms with Gasteiger partial charge in [-0.25, -0.2) is 31.9 Å². The normalized spacial score (nSPS) is 19.9. The van der Waals surface area contributed by atoms with Gasteiger partial charge in [-0.15, -0.1) is 0 Å². The lowest BCUT2D eigenvalue weighted by molar-refractivity contribution is -0.0297. The van der Waals surface area contributed by atoms with Gasteiger partial charge in [0.1, 0.15) is 24.1 Å². The number of methoxy groups -OCH3 is 2. The van der Waals surface area contributed by atoms with Crippen molar-refractivity contribution in [2.45, 2.75) is 38.3 Å². The highest BCUT2D eigenvalue weighted by Gasteiger charge is 2.71. The Balaban J connectivity index is 1.63. The van der Waals surface area contributed by atoms with Crippen molar-refractivity contribution in [1.82, 2.24) is 9.97 Å². The lowest BCUT2D eigenvalue weighted by atomic mass is 10.1. The number of hydrogen-bond donors (Lipinski definition) is 2. The molecule has 3 aromatic rings. The monoisotopic (exact) mass is 527 g/mol. The van der Waals surface area contributed by atoms with Gasteiger partial charge in [0.05, 0.1) is 24.6 Å². The van der Waals surface area contributed by atoms with Crippen LogP contribution >= 0.6 is 0 Å². The van der Waals surface area contributed by atoms with Gasteiger partial charge in [0.15, 0.2) is 17.7 Å². The minimum absolute atomic E-state index is 0.00710. The Labute approximate surface area is 209 Å². The van der Waals surface area contributed by atoms with E-state index in [9.17, 15) is 22.0 Å². The predicted molar refractivity (Wildman–Crippen MR) is 125 cm³/mol. The van der Waals surface area contributed by atoms with Crippen LogP contribution in [0.4, 0.5) is 27.8 Å². The first-order chi connectivity index (χ1) is 17.5. The quantitative estimate of drug-likeness (QED) is 0.338. The summed E-state index contributed by atoms with van der Waals surface area (Å²) in [5.41, 5.74) is -1.59. The van der Waals surface area contributed by atoms with E-state index in [-0.39, 0.29) is 49.1 Å². The average Bonchev–Trinajstić information content (AvgIpc) is 3.40. The number of aliphatic hydroxyl groups excluding tert-OH is 1. The molecule has 12 heteroatoms. The molecule has 2 N–H and O–H groups in total. The second-order valence-corrected chi connectivity index (χ2v) is 8.97. The maximum Gasteiger partial charge on any atom is 0.260 e. The number of nitrogens with one attached hydrogen (secondary N) is 1. The van der Waals surface area contributed by atoms with Gasteiger partial charge >= 0.3 is 0 Å². The van der Waals surface area contributed by atoms with Crippen molar-refractivity contribution in [2.24, 2.45) is 5.41 Å². The summed E-state index contributed by atoms with van der Waals surface area (Å²) in [6.07, 6.45) is -5.75. The maximum atomic E-state index is 14.8. The number of hydrogen-bond acceptors (Lipinski definition) is 7. The molecule has 1 heterocycles. The molecular formula is C25H26F5N3O4. The number of aryl methyl sites for hydroxylation is 1. The number of fused-ring (bicyclic) bond motifs is 1. The molecule has 37 heavy (non-hydrogen) atoms. The highest BCUT2D eigenvalue weighted by molar-refractivity contribution is 5.91. The van der Waals surface area contributed by atoms with Crippen molar-refractivity contribution < 1.29 is 41.3 Å². The van der Waals surface area contributed by atoms with Gasteiger partial charge in [0.2, 0.25) is 6.36 Å². The van der Waals surface area contributed by atoms with Gasteiger partial charge < -0.3 is 24.6 Å². The maximum absolute atomic E-state index is 14.8. The largest absolute Gasteiger partial charge is 0.493 e. The van der Waals surface area contributed by atoms with Crippen LogP contribution in [0.3, 0.4) is 0 Å². The fourth-order valence-corrected chi connectivity index (χ4v) is 4.16. The molecule has 0 radical (unpaired) electrons. The summed E-state index contributed by atoms with van der Waals surface area (Å²) in [5.74, 6) is -2.82. The van der Waals surface area contributed by atoms with Crippen LogP contribution < -0.4 is 14.8 Å². The van der Waals surface area contributed by atoms with Crippen LogP contribution in [0.2, 0.25) is 0 Å². The zero-order valence-electron chi connectivity index (χ0n) is 20.3.